The molecule has 1 unspecified atom stereocenters. The first-order chi connectivity index (χ1) is 9.19. The van der Waals surface area contributed by atoms with Crippen LogP contribution in [0.3, 0.4) is 0 Å². The molecule has 2 rings (SSSR count). The molecular weight excluding hydrogens is 240 g/mol. The van der Waals surface area contributed by atoms with Crippen molar-refractivity contribution >= 4 is 11.6 Å². The number of carbonyl (C=O) groups is 1. The molecule has 1 atom stereocenters. The van der Waals surface area contributed by atoms with E-state index in [1.54, 1.807) is 7.11 Å². The van der Waals surface area contributed by atoms with Crippen LogP contribution in [0.15, 0.2) is 24.3 Å². The van der Waals surface area contributed by atoms with E-state index >= 15 is 0 Å². The predicted octanol–water partition coefficient (Wildman–Crippen LogP) is 2.37. The monoisotopic (exact) mass is 262 g/mol. The van der Waals surface area contributed by atoms with Crippen molar-refractivity contribution < 1.29 is 9.53 Å². The number of carbonyl (C=O) groups excluding carboxylic acids is 1. The zero-order chi connectivity index (χ0) is 13.7. The molecule has 1 saturated heterocycles. The van der Waals surface area contributed by atoms with E-state index in [2.05, 4.69) is 17.3 Å². The van der Waals surface area contributed by atoms with Gasteiger partial charge in [-0.2, -0.15) is 0 Å². The maximum Gasteiger partial charge on any atom is 0.224 e. The number of para-hydroxylation sites is 2. The third kappa shape index (κ3) is 3.96. The van der Waals surface area contributed by atoms with Gasteiger partial charge < -0.3 is 15.0 Å². The van der Waals surface area contributed by atoms with Crippen molar-refractivity contribution in [1.29, 1.82) is 0 Å². The molecule has 0 bridgehead atoms. The first-order valence-corrected chi connectivity index (χ1v) is 6.80. The lowest BCUT2D eigenvalue weighted by atomic mass is 9.95. The summed E-state index contributed by atoms with van der Waals surface area (Å²) in [6.07, 6.45) is 2.91. The minimum absolute atomic E-state index is 0.0739. The average Bonchev–Trinajstić information content (AvgIpc) is 2.39. The Morgan fingerprint density at radius 3 is 3.00 bits per heavy atom. The van der Waals surface area contributed by atoms with Gasteiger partial charge in [0.2, 0.25) is 5.91 Å². The van der Waals surface area contributed by atoms with Gasteiger partial charge in [-0.15, -0.1) is 0 Å². The maximum atomic E-state index is 12.1. The second-order valence-corrected chi connectivity index (χ2v) is 5.22. The summed E-state index contributed by atoms with van der Waals surface area (Å²) < 4.78 is 5.23. The van der Waals surface area contributed by atoms with Gasteiger partial charge in [0.25, 0.3) is 0 Å². The highest BCUT2D eigenvalue weighted by molar-refractivity contribution is 5.92. The molecule has 1 aliphatic rings. The molecule has 19 heavy (non-hydrogen) atoms. The maximum absolute atomic E-state index is 12.1. The van der Waals surface area contributed by atoms with E-state index in [1.807, 2.05) is 24.3 Å². The van der Waals surface area contributed by atoms with Gasteiger partial charge in [0.05, 0.1) is 12.8 Å². The van der Waals surface area contributed by atoms with Crippen molar-refractivity contribution in [2.24, 2.45) is 5.92 Å². The summed E-state index contributed by atoms with van der Waals surface area (Å²) in [5.74, 6) is 1.25. The van der Waals surface area contributed by atoms with Crippen LogP contribution in [0.5, 0.6) is 5.75 Å². The zero-order valence-electron chi connectivity index (χ0n) is 11.7. The topological polar surface area (TPSA) is 41.6 Å². The molecule has 0 saturated carbocycles. The first kappa shape index (κ1) is 13.9. The van der Waals surface area contributed by atoms with E-state index in [4.69, 9.17) is 4.74 Å². The summed E-state index contributed by atoms with van der Waals surface area (Å²) in [6, 6.07) is 7.50. The summed E-state index contributed by atoms with van der Waals surface area (Å²) in [7, 11) is 3.73. The van der Waals surface area contributed by atoms with Crippen LogP contribution >= 0.6 is 0 Å². The highest BCUT2D eigenvalue weighted by Crippen LogP contribution is 2.24. The van der Waals surface area contributed by atoms with Crippen LogP contribution in [0.25, 0.3) is 0 Å². The lowest BCUT2D eigenvalue weighted by molar-refractivity contribution is -0.117. The third-order valence-corrected chi connectivity index (χ3v) is 3.58. The van der Waals surface area contributed by atoms with E-state index in [-0.39, 0.29) is 5.91 Å². The molecule has 1 aromatic rings. The molecule has 4 nitrogen and oxygen atoms in total. The standard InChI is InChI=1S/C15H22N2O2/c1-17-9-5-6-12(11-17)10-15(18)16-13-7-3-4-8-14(13)19-2/h3-4,7-8,12H,5-6,9-11H2,1-2H3,(H,16,18). The molecule has 0 aliphatic carbocycles. The van der Waals surface area contributed by atoms with Crippen molar-refractivity contribution in [3.8, 4) is 5.75 Å². The quantitative estimate of drug-likeness (QED) is 0.905. The average molecular weight is 262 g/mol. The second-order valence-electron chi connectivity index (χ2n) is 5.22. The zero-order valence-corrected chi connectivity index (χ0v) is 11.7. The summed E-state index contributed by atoms with van der Waals surface area (Å²) in [4.78, 5) is 14.4. The molecule has 104 valence electrons. The largest absolute Gasteiger partial charge is 0.495 e. The molecule has 0 spiro atoms. The number of ether oxygens (including phenoxy) is 1. The summed E-state index contributed by atoms with van der Waals surface area (Å²) in [5.41, 5.74) is 0.749. The molecule has 4 heteroatoms. The van der Waals surface area contributed by atoms with Crippen molar-refractivity contribution in [2.75, 3.05) is 32.6 Å². The Bertz CT molecular complexity index is 434. The Kier molecular flexibility index (Phi) is 4.80. The molecular formula is C15H22N2O2. The van der Waals surface area contributed by atoms with E-state index in [1.165, 1.54) is 6.42 Å². The van der Waals surface area contributed by atoms with Crippen molar-refractivity contribution in [2.45, 2.75) is 19.3 Å². The van der Waals surface area contributed by atoms with Crippen LogP contribution in [0.2, 0.25) is 0 Å². The second kappa shape index (κ2) is 6.57. The molecule has 0 aromatic heterocycles. The highest BCUT2D eigenvalue weighted by Gasteiger charge is 2.20. The van der Waals surface area contributed by atoms with Gasteiger partial charge in [-0.05, 0) is 44.5 Å². The Morgan fingerprint density at radius 2 is 2.26 bits per heavy atom. The van der Waals surface area contributed by atoms with E-state index in [0.717, 1.165) is 25.2 Å². The van der Waals surface area contributed by atoms with Gasteiger partial charge in [-0.1, -0.05) is 12.1 Å². The number of hydrogen-bond donors (Lipinski definition) is 1. The van der Waals surface area contributed by atoms with Gasteiger partial charge in [0.15, 0.2) is 0 Å². The lowest BCUT2D eigenvalue weighted by Gasteiger charge is -2.29. The number of likely N-dealkylation sites (tertiary alicyclic amines) is 1. The smallest absolute Gasteiger partial charge is 0.224 e. The predicted molar refractivity (Wildman–Crippen MR) is 76.5 cm³/mol. The Morgan fingerprint density at radius 1 is 1.47 bits per heavy atom. The van der Waals surface area contributed by atoms with Gasteiger partial charge >= 0.3 is 0 Å². The number of benzene rings is 1. The molecule has 1 N–H and O–H groups in total. The normalized spacial score (nSPS) is 20.0. The first-order valence-electron chi connectivity index (χ1n) is 6.80. The fraction of sp³-hybridized carbons (Fsp3) is 0.533. The number of amides is 1. The van der Waals surface area contributed by atoms with Crippen LogP contribution in [0.4, 0.5) is 5.69 Å². The number of rotatable bonds is 4. The minimum atomic E-state index is 0.0739. The van der Waals surface area contributed by atoms with E-state index in [9.17, 15) is 4.79 Å². The number of hydrogen-bond acceptors (Lipinski definition) is 3. The fourth-order valence-electron chi connectivity index (χ4n) is 2.65. The van der Waals surface area contributed by atoms with Gasteiger partial charge in [-0.3, -0.25) is 4.79 Å². The van der Waals surface area contributed by atoms with Crippen molar-refractivity contribution in [3.63, 3.8) is 0 Å². The third-order valence-electron chi connectivity index (χ3n) is 3.58. The molecule has 0 radical (unpaired) electrons. The fourth-order valence-corrected chi connectivity index (χ4v) is 2.65. The van der Waals surface area contributed by atoms with E-state index < -0.39 is 0 Å². The van der Waals surface area contributed by atoms with Crippen LogP contribution in [0, 0.1) is 5.92 Å². The Labute approximate surface area is 114 Å². The molecule has 1 fully saturated rings. The number of methoxy groups -OCH3 is 1. The van der Waals surface area contributed by atoms with Gasteiger partial charge in [0, 0.05) is 13.0 Å². The van der Waals surface area contributed by atoms with Crippen molar-refractivity contribution in [1.82, 2.24) is 4.90 Å². The number of nitrogens with zero attached hydrogens (tertiary/aromatic N) is 1. The molecule has 1 amide bonds. The number of piperidine rings is 1. The number of nitrogens with one attached hydrogen (secondary N) is 1. The van der Waals surface area contributed by atoms with Crippen LogP contribution in [0.1, 0.15) is 19.3 Å². The van der Waals surface area contributed by atoms with Gasteiger partial charge in [0.1, 0.15) is 5.75 Å². The van der Waals surface area contributed by atoms with Crippen molar-refractivity contribution in [3.05, 3.63) is 24.3 Å². The Balaban J connectivity index is 1.90. The van der Waals surface area contributed by atoms with Gasteiger partial charge in [-0.25, -0.2) is 0 Å². The van der Waals surface area contributed by atoms with Crippen LogP contribution in [-0.4, -0.2) is 38.1 Å². The summed E-state index contributed by atoms with van der Waals surface area (Å²) >= 11 is 0. The highest BCUT2D eigenvalue weighted by atomic mass is 16.5. The molecule has 1 aliphatic heterocycles. The van der Waals surface area contributed by atoms with E-state index in [0.29, 0.717) is 18.1 Å². The number of anilines is 1. The minimum Gasteiger partial charge on any atom is -0.495 e. The summed E-state index contributed by atoms with van der Waals surface area (Å²) in [6.45, 7) is 2.16. The van der Waals surface area contributed by atoms with Crippen LogP contribution in [-0.2, 0) is 4.79 Å². The lowest BCUT2D eigenvalue weighted by Crippen LogP contribution is -2.34. The SMILES string of the molecule is COc1ccccc1NC(=O)CC1CCCN(C)C1. The van der Waals surface area contributed by atoms with Crippen LogP contribution < -0.4 is 10.1 Å². The molecule has 1 heterocycles. The summed E-state index contributed by atoms with van der Waals surface area (Å²) in [5, 5.41) is 2.94. The molecule has 1 aromatic carbocycles. The Hall–Kier alpha value is -1.55.